The molecule has 1 amide bonds. The molecule has 0 unspecified atom stereocenters. The molecule has 0 bridgehead atoms. The third-order valence-electron chi connectivity index (χ3n) is 3.16. The molecule has 0 radical (unpaired) electrons. The number of rotatable bonds is 2. The second-order valence-corrected chi connectivity index (χ2v) is 7.16. The van der Waals surface area contributed by atoms with E-state index in [1.54, 1.807) is 12.1 Å². The Balaban J connectivity index is 2.36. The Labute approximate surface area is 138 Å². The van der Waals surface area contributed by atoms with Crippen molar-refractivity contribution in [2.45, 2.75) is 26.2 Å². The molecule has 0 fully saturated rings. The highest BCUT2D eigenvalue weighted by atomic mass is 79.9. The molecule has 0 aliphatic heterocycles. The quantitative estimate of drug-likeness (QED) is 0.731. The van der Waals surface area contributed by atoms with Gasteiger partial charge in [0, 0.05) is 15.1 Å². The lowest BCUT2D eigenvalue weighted by molar-refractivity contribution is 0.102. The fourth-order valence-corrected chi connectivity index (χ4v) is 2.64. The topological polar surface area (TPSA) is 29.1 Å². The highest BCUT2D eigenvalue weighted by Gasteiger charge is 2.21. The van der Waals surface area contributed by atoms with Crippen molar-refractivity contribution >= 4 is 39.1 Å². The first-order valence-electron chi connectivity index (χ1n) is 6.65. The van der Waals surface area contributed by atoms with E-state index in [4.69, 9.17) is 11.6 Å². The van der Waals surface area contributed by atoms with Crippen molar-refractivity contribution in [2.75, 3.05) is 5.32 Å². The molecule has 0 saturated carbocycles. The average Bonchev–Trinajstić information content (AvgIpc) is 2.42. The van der Waals surface area contributed by atoms with E-state index < -0.39 is 0 Å². The van der Waals surface area contributed by atoms with Crippen molar-refractivity contribution in [3.05, 3.63) is 63.1 Å². The summed E-state index contributed by atoms with van der Waals surface area (Å²) in [5.74, 6) is -0.136. The molecule has 2 aromatic carbocycles. The number of carbonyl (C=O) groups excluding carboxylic acids is 1. The van der Waals surface area contributed by atoms with E-state index in [9.17, 15) is 4.79 Å². The monoisotopic (exact) mass is 365 g/mol. The molecule has 2 aromatic rings. The average molecular weight is 367 g/mol. The van der Waals surface area contributed by atoms with E-state index in [-0.39, 0.29) is 11.3 Å². The smallest absolute Gasteiger partial charge is 0.255 e. The van der Waals surface area contributed by atoms with Crippen LogP contribution in [0.15, 0.2) is 46.9 Å². The van der Waals surface area contributed by atoms with Crippen LogP contribution >= 0.6 is 27.5 Å². The zero-order chi connectivity index (χ0) is 15.6. The fourth-order valence-electron chi connectivity index (χ4n) is 2.12. The fraction of sp³-hybridized carbons (Fsp3) is 0.235. The van der Waals surface area contributed by atoms with Gasteiger partial charge < -0.3 is 5.32 Å². The summed E-state index contributed by atoms with van der Waals surface area (Å²) in [4.78, 5) is 12.6. The van der Waals surface area contributed by atoms with Gasteiger partial charge in [0.15, 0.2) is 0 Å². The van der Waals surface area contributed by atoms with Gasteiger partial charge in [-0.05, 0) is 51.2 Å². The molecule has 0 heterocycles. The summed E-state index contributed by atoms with van der Waals surface area (Å²) in [6.07, 6.45) is 0. The van der Waals surface area contributed by atoms with Crippen molar-refractivity contribution in [3.8, 4) is 0 Å². The van der Waals surface area contributed by atoms with Gasteiger partial charge in [-0.1, -0.05) is 50.6 Å². The molecule has 0 aliphatic rings. The van der Waals surface area contributed by atoms with E-state index in [2.05, 4.69) is 42.0 Å². The van der Waals surface area contributed by atoms with E-state index in [0.29, 0.717) is 16.3 Å². The van der Waals surface area contributed by atoms with Crippen molar-refractivity contribution < 1.29 is 4.79 Å². The minimum absolute atomic E-state index is 0.0977. The number of benzene rings is 2. The molecule has 0 saturated heterocycles. The summed E-state index contributed by atoms with van der Waals surface area (Å²) in [6.45, 7) is 6.28. The van der Waals surface area contributed by atoms with Gasteiger partial charge in [0.25, 0.3) is 5.91 Å². The zero-order valence-corrected chi connectivity index (χ0v) is 14.5. The second-order valence-electron chi connectivity index (χ2n) is 5.87. The predicted molar refractivity (Wildman–Crippen MR) is 92.2 cm³/mol. The summed E-state index contributed by atoms with van der Waals surface area (Å²) in [5.41, 5.74) is 2.26. The van der Waals surface area contributed by atoms with Crippen molar-refractivity contribution in [2.24, 2.45) is 0 Å². The van der Waals surface area contributed by atoms with Crippen LogP contribution < -0.4 is 5.32 Å². The van der Waals surface area contributed by atoms with Gasteiger partial charge in [-0.15, -0.1) is 0 Å². The first kappa shape index (κ1) is 16.1. The van der Waals surface area contributed by atoms with Gasteiger partial charge in [0.2, 0.25) is 0 Å². The Morgan fingerprint density at radius 2 is 1.81 bits per heavy atom. The highest BCUT2D eigenvalue weighted by Crippen LogP contribution is 2.29. The molecule has 0 aromatic heterocycles. The summed E-state index contributed by atoms with van der Waals surface area (Å²) in [5, 5.41) is 3.49. The van der Waals surface area contributed by atoms with E-state index >= 15 is 0 Å². The molecule has 0 spiro atoms. The Kier molecular flexibility index (Phi) is 4.74. The van der Waals surface area contributed by atoms with Gasteiger partial charge in [-0.3, -0.25) is 4.79 Å². The number of anilines is 1. The maximum Gasteiger partial charge on any atom is 0.255 e. The molecule has 1 N–H and O–H groups in total. The first-order valence-corrected chi connectivity index (χ1v) is 7.82. The van der Waals surface area contributed by atoms with Gasteiger partial charge in [0.1, 0.15) is 0 Å². The minimum Gasteiger partial charge on any atom is -0.321 e. The van der Waals surface area contributed by atoms with Crippen molar-refractivity contribution in [1.82, 2.24) is 0 Å². The molecular formula is C17H17BrClNO. The Bertz CT molecular complexity index is 677. The van der Waals surface area contributed by atoms with Crippen LogP contribution in [0.1, 0.15) is 36.7 Å². The third-order valence-corrected chi connectivity index (χ3v) is 4.08. The van der Waals surface area contributed by atoms with Gasteiger partial charge >= 0.3 is 0 Å². The summed E-state index contributed by atoms with van der Waals surface area (Å²) in [7, 11) is 0. The standard InChI is InChI=1S/C17H17BrClNO/c1-17(2,3)13-7-5-4-6-12(13)16(21)20-15-10-11(19)8-9-14(15)18/h4-10H,1-3H3,(H,20,21). The minimum atomic E-state index is -0.136. The lowest BCUT2D eigenvalue weighted by Gasteiger charge is -2.22. The lowest BCUT2D eigenvalue weighted by Crippen LogP contribution is -2.21. The summed E-state index contributed by atoms with van der Waals surface area (Å²) < 4.78 is 0.800. The molecule has 4 heteroatoms. The molecule has 2 nitrogen and oxygen atoms in total. The molecule has 2 rings (SSSR count). The van der Waals surface area contributed by atoms with Crippen LogP contribution in [0.5, 0.6) is 0 Å². The largest absolute Gasteiger partial charge is 0.321 e. The van der Waals surface area contributed by atoms with Crippen molar-refractivity contribution in [3.63, 3.8) is 0 Å². The van der Waals surface area contributed by atoms with E-state index in [0.717, 1.165) is 10.0 Å². The lowest BCUT2D eigenvalue weighted by atomic mass is 9.83. The van der Waals surface area contributed by atoms with Crippen LogP contribution in [-0.2, 0) is 5.41 Å². The maximum atomic E-state index is 12.6. The first-order chi connectivity index (χ1) is 9.79. The number of nitrogens with one attached hydrogen (secondary N) is 1. The highest BCUT2D eigenvalue weighted by molar-refractivity contribution is 9.10. The van der Waals surface area contributed by atoms with Gasteiger partial charge in [-0.25, -0.2) is 0 Å². The van der Waals surface area contributed by atoms with E-state index in [1.807, 2.05) is 30.3 Å². The Hall–Kier alpha value is -1.32. The second kappa shape index (κ2) is 6.20. The third kappa shape index (κ3) is 3.86. The number of carbonyl (C=O) groups is 1. The molecule has 0 atom stereocenters. The number of hydrogen-bond acceptors (Lipinski definition) is 1. The van der Waals surface area contributed by atoms with Crippen LogP contribution in [0.4, 0.5) is 5.69 Å². The Morgan fingerprint density at radius 1 is 1.14 bits per heavy atom. The van der Waals surface area contributed by atoms with Gasteiger partial charge in [0.05, 0.1) is 5.69 Å². The van der Waals surface area contributed by atoms with Crippen LogP contribution in [0.2, 0.25) is 5.02 Å². The van der Waals surface area contributed by atoms with Crippen LogP contribution in [0.3, 0.4) is 0 Å². The zero-order valence-electron chi connectivity index (χ0n) is 12.2. The number of halogens is 2. The molecular weight excluding hydrogens is 350 g/mol. The number of amides is 1. The summed E-state index contributed by atoms with van der Waals surface area (Å²) in [6, 6.07) is 13.0. The molecule has 21 heavy (non-hydrogen) atoms. The van der Waals surface area contributed by atoms with E-state index in [1.165, 1.54) is 0 Å². The molecule has 0 aliphatic carbocycles. The van der Waals surface area contributed by atoms with Gasteiger partial charge in [-0.2, -0.15) is 0 Å². The SMILES string of the molecule is CC(C)(C)c1ccccc1C(=O)Nc1cc(Cl)ccc1Br. The van der Waals surface area contributed by atoms with Crippen LogP contribution in [0, 0.1) is 0 Å². The molecule has 110 valence electrons. The maximum absolute atomic E-state index is 12.6. The van der Waals surface area contributed by atoms with Crippen molar-refractivity contribution in [1.29, 1.82) is 0 Å². The Morgan fingerprint density at radius 3 is 2.48 bits per heavy atom. The summed E-state index contributed by atoms with van der Waals surface area (Å²) >= 11 is 9.39. The van der Waals surface area contributed by atoms with Crippen LogP contribution in [-0.4, -0.2) is 5.91 Å². The van der Waals surface area contributed by atoms with Crippen LogP contribution in [0.25, 0.3) is 0 Å². The predicted octanol–water partition coefficient (Wildman–Crippen LogP) is 5.65. The normalized spacial score (nSPS) is 11.3. The number of hydrogen-bond donors (Lipinski definition) is 1.